The summed E-state index contributed by atoms with van der Waals surface area (Å²) in [7, 11) is 0. The van der Waals surface area contributed by atoms with Crippen molar-refractivity contribution in [1.29, 1.82) is 0 Å². The van der Waals surface area contributed by atoms with Gasteiger partial charge in [-0.1, -0.05) is 97.1 Å². The molecule has 1 saturated heterocycles. The van der Waals surface area contributed by atoms with Gasteiger partial charge in [0.2, 0.25) is 11.8 Å². The van der Waals surface area contributed by atoms with Gasteiger partial charge in [-0.05, 0) is 41.8 Å². The lowest BCUT2D eigenvalue weighted by molar-refractivity contribution is -0.133. The van der Waals surface area contributed by atoms with E-state index in [4.69, 9.17) is 0 Å². The first-order chi connectivity index (χ1) is 19.2. The van der Waals surface area contributed by atoms with Crippen molar-refractivity contribution < 1.29 is 9.59 Å². The van der Waals surface area contributed by atoms with E-state index in [0.29, 0.717) is 26.2 Å². The van der Waals surface area contributed by atoms with Crippen molar-refractivity contribution in [3.05, 3.63) is 132 Å². The van der Waals surface area contributed by atoms with Crippen LogP contribution < -0.4 is 0 Å². The molecule has 0 spiro atoms. The van der Waals surface area contributed by atoms with Gasteiger partial charge in [-0.25, -0.2) is 0 Å². The fourth-order valence-corrected chi connectivity index (χ4v) is 7.00. The van der Waals surface area contributed by atoms with Crippen molar-refractivity contribution in [2.75, 3.05) is 26.2 Å². The van der Waals surface area contributed by atoms with Gasteiger partial charge < -0.3 is 9.80 Å². The predicted octanol–water partition coefficient (Wildman–Crippen LogP) is 7.11. The summed E-state index contributed by atoms with van der Waals surface area (Å²) >= 11 is 3.17. The molecule has 2 unspecified atom stereocenters. The van der Waals surface area contributed by atoms with Crippen LogP contribution in [0.5, 0.6) is 0 Å². The maximum absolute atomic E-state index is 13.9. The molecule has 5 rings (SSSR count). The number of carbonyl (C=O) groups excluding carboxylic acids is 2. The van der Waals surface area contributed by atoms with E-state index in [2.05, 4.69) is 0 Å². The summed E-state index contributed by atoms with van der Waals surface area (Å²) in [5, 5.41) is -0.664. The molecular weight excluding hydrogens is 521 g/mol. The first kappa shape index (κ1) is 27.1. The lowest BCUT2D eigenvalue weighted by Gasteiger charge is -2.28. The molecule has 1 heterocycles. The number of rotatable bonds is 8. The Balaban J connectivity index is 1.31. The van der Waals surface area contributed by atoms with E-state index in [-0.39, 0.29) is 22.3 Å². The summed E-state index contributed by atoms with van der Waals surface area (Å²) in [6.07, 6.45) is 0.756. The lowest BCUT2D eigenvalue weighted by atomic mass is 10.1. The van der Waals surface area contributed by atoms with Gasteiger partial charge in [-0.2, -0.15) is 0 Å². The van der Waals surface area contributed by atoms with Gasteiger partial charge in [0.25, 0.3) is 0 Å². The molecule has 6 heteroatoms. The average molecular weight is 553 g/mol. The number of carbonyl (C=O) groups is 2. The number of hydrogen-bond donors (Lipinski definition) is 0. The van der Waals surface area contributed by atoms with Crippen LogP contribution >= 0.6 is 23.5 Å². The molecule has 0 saturated carbocycles. The average Bonchev–Trinajstić information content (AvgIpc) is 3.27. The summed E-state index contributed by atoms with van der Waals surface area (Å²) in [4.78, 5) is 33.9. The maximum Gasteiger partial charge on any atom is 0.240 e. The number of benzene rings is 4. The van der Waals surface area contributed by atoms with Crippen LogP contribution in [0.15, 0.2) is 131 Å². The minimum Gasteiger partial charge on any atom is -0.340 e. The highest BCUT2D eigenvalue weighted by Crippen LogP contribution is 2.38. The number of nitrogens with zero attached hydrogens (tertiary/aromatic N) is 2. The van der Waals surface area contributed by atoms with Crippen molar-refractivity contribution in [3.8, 4) is 0 Å². The zero-order chi connectivity index (χ0) is 26.9. The molecule has 1 fully saturated rings. The Hall–Kier alpha value is -3.48. The van der Waals surface area contributed by atoms with Crippen molar-refractivity contribution in [2.45, 2.75) is 26.7 Å². The smallest absolute Gasteiger partial charge is 0.240 e. The summed E-state index contributed by atoms with van der Waals surface area (Å²) in [6.45, 7) is 2.34. The third-order valence-corrected chi connectivity index (χ3v) is 9.27. The van der Waals surface area contributed by atoms with Crippen molar-refractivity contribution in [2.24, 2.45) is 0 Å². The van der Waals surface area contributed by atoms with E-state index >= 15 is 0 Å². The second-order valence-corrected chi connectivity index (χ2v) is 11.8. The third kappa shape index (κ3) is 7.14. The maximum atomic E-state index is 13.9. The summed E-state index contributed by atoms with van der Waals surface area (Å²) in [5.74, 6) is 0.199. The molecule has 4 nitrogen and oxygen atoms in total. The number of thioether (sulfide) groups is 2. The number of amides is 2. The lowest BCUT2D eigenvalue weighted by Crippen LogP contribution is -2.40. The number of hydrogen-bond acceptors (Lipinski definition) is 4. The molecule has 4 aromatic carbocycles. The van der Waals surface area contributed by atoms with Gasteiger partial charge in [-0.15, -0.1) is 23.5 Å². The normalized spacial score (nSPS) is 15.3. The van der Waals surface area contributed by atoms with Crippen molar-refractivity contribution in [1.82, 2.24) is 9.80 Å². The van der Waals surface area contributed by atoms with Crippen LogP contribution in [-0.2, 0) is 9.59 Å². The fraction of sp³-hybridized carbons (Fsp3) is 0.212. The second-order valence-electron chi connectivity index (χ2n) is 9.45. The van der Waals surface area contributed by atoms with E-state index in [1.54, 1.807) is 23.5 Å². The SMILES string of the molecule is O=C(C(Sc1ccccc1)c1ccccc1)N1CCCN(C(=O)C(Sc2ccccc2)c2ccccc2)CC1. The monoisotopic (exact) mass is 552 g/mol. The van der Waals surface area contributed by atoms with Crippen LogP contribution in [0.25, 0.3) is 0 Å². The van der Waals surface area contributed by atoms with E-state index in [1.165, 1.54) is 0 Å². The molecule has 0 aliphatic carbocycles. The van der Waals surface area contributed by atoms with E-state index < -0.39 is 0 Å². The van der Waals surface area contributed by atoms with E-state index in [1.807, 2.05) is 131 Å². The quantitative estimate of drug-likeness (QED) is 0.218. The highest BCUT2D eigenvalue weighted by atomic mass is 32.2. The fourth-order valence-electron chi connectivity index (χ4n) is 4.74. The van der Waals surface area contributed by atoms with Crippen LogP contribution in [0.4, 0.5) is 0 Å². The Morgan fingerprint density at radius 2 is 0.821 bits per heavy atom. The van der Waals surface area contributed by atoms with Crippen molar-refractivity contribution in [3.63, 3.8) is 0 Å². The largest absolute Gasteiger partial charge is 0.340 e. The second kappa shape index (κ2) is 13.5. The van der Waals surface area contributed by atoms with Crippen LogP contribution in [0.2, 0.25) is 0 Å². The van der Waals surface area contributed by atoms with Crippen LogP contribution in [-0.4, -0.2) is 47.8 Å². The van der Waals surface area contributed by atoms with Gasteiger partial charge in [0.15, 0.2) is 0 Å². The van der Waals surface area contributed by atoms with Gasteiger partial charge in [0, 0.05) is 36.0 Å². The molecule has 39 heavy (non-hydrogen) atoms. The topological polar surface area (TPSA) is 40.6 Å². The van der Waals surface area contributed by atoms with E-state index in [0.717, 1.165) is 27.3 Å². The molecule has 1 aliphatic heterocycles. The van der Waals surface area contributed by atoms with E-state index in [9.17, 15) is 9.59 Å². The zero-order valence-corrected chi connectivity index (χ0v) is 23.4. The highest BCUT2D eigenvalue weighted by molar-refractivity contribution is 8.00. The Bertz CT molecular complexity index is 1230. The van der Waals surface area contributed by atoms with Gasteiger partial charge >= 0.3 is 0 Å². The molecule has 0 radical (unpaired) electrons. The predicted molar refractivity (Wildman–Crippen MR) is 161 cm³/mol. The molecule has 198 valence electrons. The molecule has 2 amide bonds. The molecule has 0 aromatic heterocycles. The molecule has 1 aliphatic rings. The Kier molecular flexibility index (Phi) is 9.41. The van der Waals surface area contributed by atoms with Gasteiger partial charge in [0.1, 0.15) is 10.5 Å². The molecule has 0 bridgehead atoms. The van der Waals surface area contributed by atoms with Crippen LogP contribution in [0.3, 0.4) is 0 Å². The van der Waals surface area contributed by atoms with Crippen LogP contribution in [0, 0.1) is 0 Å². The molecule has 4 aromatic rings. The first-order valence-corrected chi connectivity index (χ1v) is 15.1. The third-order valence-electron chi connectivity index (χ3n) is 6.77. The standard InChI is InChI=1S/C33H32N2O2S2/c36-32(30(26-14-5-1-6-15-26)38-28-18-9-3-10-19-28)34-22-13-23-35(25-24-34)33(37)31(27-16-7-2-8-17-27)39-29-20-11-4-12-21-29/h1-12,14-21,30-31H,13,22-25H2. The first-order valence-electron chi connectivity index (χ1n) is 13.3. The van der Waals surface area contributed by atoms with Gasteiger partial charge in [-0.3, -0.25) is 9.59 Å². The highest BCUT2D eigenvalue weighted by Gasteiger charge is 2.32. The minimum atomic E-state index is -0.332. The van der Waals surface area contributed by atoms with Gasteiger partial charge in [0.05, 0.1) is 0 Å². The Morgan fingerprint density at radius 1 is 0.487 bits per heavy atom. The summed E-state index contributed by atoms with van der Waals surface area (Å²) in [5.41, 5.74) is 1.99. The molecule has 0 N–H and O–H groups in total. The molecule has 2 atom stereocenters. The zero-order valence-electron chi connectivity index (χ0n) is 21.8. The summed E-state index contributed by atoms with van der Waals surface area (Å²) < 4.78 is 0. The minimum absolute atomic E-state index is 0.0996. The Morgan fingerprint density at radius 3 is 1.18 bits per heavy atom. The summed E-state index contributed by atoms with van der Waals surface area (Å²) in [6, 6.07) is 40.2. The Labute approximate surface area is 239 Å². The van der Waals surface area contributed by atoms with Crippen LogP contribution in [0.1, 0.15) is 28.0 Å². The molecular formula is C33H32N2O2S2. The van der Waals surface area contributed by atoms with Crippen molar-refractivity contribution >= 4 is 35.3 Å².